The van der Waals surface area contributed by atoms with Crippen LogP contribution in [0.3, 0.4) is 0 Å². The second-order valence-electron chi connectivity index (χ2n) is 3.33. The van der Waals surface area contributed by atoms with E-state index >= 15 is 0 Å². The highest BCUT2D eigenvalue weighted by Crippen LogP contribution is 2.30. The zero-order chi connectivity index (χ0) is 13.9. The van der Waals surface area contributed by atoms with Crippen LogP contribution < -0.4 is 10.5 Å². The van der Waals surface area contributed by atoms with E-state index in [1.165, 1.54) is 0 Å². The Labute approximate surface area is 107 Å². The zero-order valence-corrected chi connectivity index (χ0v) is 10.5. The molecule has 1 aromatic carbocycles. The summed E-state index contributed by atoms with van der Waals surface area (Å²) in [5, 5.41) is 17.5. The van der Waals surface area contributed by atoms with E-state index in [1.807, 2.05) is 0 Å². The van der Waals surface area contributed by atoms with E-state index in [9.17, 15) is 22.9 Å². The van der Waals surface area contributed by atoms with Gasteiger partial charge >= 0.3 is 0 Å². The van der Waals surface area contributed by atoms with E-state index in [0.29, 0.717) is 0 Å². The molecular weight excluding hydrogens is 289 g/mol. The molecule has 18 heavy (non-hydrogen) atoms. The minimum absolute atomic E-state index is 0.162. The zero-order valence-electron chi connectivity index (χ0n) is 8.89. The number of nitrogens with two attached hydrogens (primary N) is 1. The summed E-state index contributed by atoms with van der Waals surface area (Å²) in [6.07, 6.45) is 0. The maximum atomic E-state index is 13.1. The lowest BCUT2D eigenvalue weighted by atomic mass is 10.2. The molecule has 0 aliphatic rings. The average molecular weight is 298 g/mol. The summed E-state index contributed by atoms with van der Waals surface area (Å²) < 4.78 is 34.5. The normalized spacial score (nSPS) is 11.3. The smallest absolute Gasteiger partial charge is 0.294 e. The van der Waals surface area contributed by atoms with Gasteiger partial charge in [0.1, 0.15) is 11.5 Å². The molecule has 0 bridgehead atoms. The molecule has 0 amide bonds. The van der Waals surface area contributed by atoms with Gasteiger partial charge in [-0.1, -0.05) is 11.6 Å². The number of nitrogens with one attached hydrogen (secondary N) is 1. The Morgan fingerprint density at radius 3 is 2.61 bits per heavy atom. The summed E-state index contributed by atoms with van der Waals surface area (Å²) >= 11 is 5.41. The van der Waals surface area contributed by atoms with Crippen LogP contribution in [0.2, 0.25) is 5.02 Å². The molecule has 7 nitrogen and oxygen atoms in total. The van der Waals surface area contributed by atoms with Crippen molar-refractivity contribution in [3.8, 4) is 0 Å². The Hall–Kier alpha value is -1.45. The average Bonchev–Trinajstić information content (AvgIpc) is 2.20. The maximum Gasteiger partial charge on any atom is 0.294 e. The van der Waals surface area contributed by atoms with Crippen LogP contribution in [0.25, 0.3) is 0 Å². The first-order valence-corrected chi connectivity index (χ1v) is 6.68. The van der Waals surface area contributed by atoms with E-state index in [2.05, 4.69) is 5.32 Å². The molecule has 0 aliphatic carbocycles. The van der Waals surface area contributed by atoms with Crippen LogP contribution >= 0.6 is 11.6 Å². The molecule has 0 fully saturated rings. The standard InChI is InChI=1S/C8H9ClFN3O4S/c9-5-3-8(13(14)15)7(4-6(5)10)12-1-2-18(11,16)17/h3-4,12H,1-2H2,(H2,11,16,17). The highest BCUT2D eigenvalue weighted by Gasteiger charge is 2.17. The van der Waals surface area contributed by atoms with Crippen molar-refractivity contribution in [2.75, 3.05) is 17.6 Å². The second kappa shape index (κ2) is 5.46. The first kappa shape index (κ1) is 14.6. The van der Waals surface area contributed by atoms with Gasteiger partial charge in [0.2, 0.25) is 10.0 Å². The van der Waals surface area contributed by atoms with Crippen molar-refractivity contribution in [2.45, 2.75) is 0 Å². The van der Waals surface area contributed by atoms with E-state index in [1.54, 1.807) is 0 Å². The third-order valence-electron chi connectivity index (χ3n) is 1.94. The molecule has 0 radical (unpaired) electrons. The Bertz CT molecular complexity index is 578. The molecule has 100 valence electrons. The Kier molecular flexibility index (Phi) is 4.43. The predicted octanol–water partition coefficient (Wildman–Crippen LogP) is 1.09. The van der Waals surface area contributed by atoms with E-state index in [-0.39, 0.29) is 12.2 Å². The van der Waals surface area contributed by atoms with Gasteiger partial charge in [0, 0.05) is 18.7 Å². The van der Waals surface area contributed by atoms with Gasteiger partial charge in [-0.2, -0.15) is 0 Å². The van der Waals surface area contributed by atoms with Gasteiger partial charge in [-0.05, 0) is 0 Å². The third-order valence-corrected chi connectivity index (χ3v) is 3.00. The molecule has 0 spiro atoms. The summed E-state index contributed by atoms with van der Waals surface area (Å²) in [6, 6.07) is 1.67. The van der Waals surface area contributed by atoms with E-state index in [4.69, 9.17) is 16.7 Å². The van der Waals surface area contributed by atoms with E-state index in [0.717, 1.165) is 12.1 Å². The lowest BCUT2D eigenvalue weighted by Crippen LogP contribution is -2.22. The largest absolute Gasteiger partial charge is 0.378 e. The molecule has 0 aliphatic heterocycles. The monoisotopic (exact) mass is 297 g/mol. The van der Waals surface area contributed by atoms with Crippen LogP contribution in [0.1, 0.15) is 0 Å². The van der Waals surface area contributed by atoms with Crippen LogP contribution in [-0.2, 0) is 10.0 Å². The Morgan fingerprint density at radius 1 is 1.50 bits per heavy atom. The molecule has 0 heterocycles. The van der Waals surface area contributed by atoms with Crippen molar-refractivity contribution < 1.29 is 17.7 Å². The van der Waals surface area contributed by atoms with Crippen LogP contribution in [0.4, 0.5) is 15.8 Å². The lowest BCUT2D eigenvalue weighted by Gasteiger charge is -2.07. The van der Waals surface area contributed by atoms with Gasteiger partial charge in [-0.15, -0.1) is 0 Å². The number of hydrogen-bond donors (Lipinski definition) is 2. The SMILES string of the molecule is NS(=O)(=O)CCNc1cc(F)c(Cl)cc1[N+](=O)[O-]. The second-order valence-corrected chi connectivity index (χ2v) is 5.48. The van der Waals surface area contributed by atoms with Crippen molar-refractivity contribution in [2.24, 2.45) is 5.14 Å². The number of nitro groups is 1. The molecule has 0 atom stereocenters. The van der Waals surface area contributed by atoms with Crippen molar-refractivity contribution in [1.29, 1.82) is 0 Å². The molecule has 1 rings (SSSR count). The topological polar surface area (TPSA) is 115 Å². The number of halogens is 2. The van der Waals surface area contributed by atoms with Crippen LogP contribution in [0.15, 0.2) is 12.1 Å². The van der Waals surface area contributed by atoms with E-state index < -0.39 is 37.2 Å². The number of hydrogen-bond acceptors (Lipinski definition) is 5. The number of rotatable bonds is 5. The summed E-state index contributed by atoms with van der Waals surface area (Å²) in [7, 11) is -3.70. The minimum atomic E-state index is -3.70. The first-order valence-electron chi connectivity index (χ1n) is 4.58. The third kappa shape index (κ3) is 4.09. The number of primary sulfonamides is 1. The number of anilines is 1. The quantitative estimate of drug-likeness (QED) is 0.623. The molecular formula is C8H9ClFN3O4S. The van der Waals surface area contributed by atoms with Crippen LogP contribution in [0, 0.1) is 15.9 Å². The first-order chi connectivity index (χ1) is 8.20. The highest BCUT2D eigenvalue weighted by atomic mass is 35.5. The molecule has 0 unspecified atom stereocenters. The van der Waals surface area contributed by atoms with Gasteiger partial charge in [0.25, 0.3) is 5.69 Å². The number of nitrogens with zero attached hydrogens (tertiary/aromatic N) is 1. The fraction of sp³-hybridized carbons (Fsp3) is 0.250. The van der Waals surface area contributed by atoms with Gasteiger partial charge < -0.3 is 5.32 Å². The molecule has 10 heteroatoms. The number of benzene rings is 1. The van der Waals surface area contributed by atoms with Crippen molar-refractivity contribution in [3.63, 3.8) is 0 Å². The molecule has 3 N–H and O–H groups in total. The van der Waals surface area contributed by atoms with Crippen LogP contribution in [0.5, 0.6) is 0 Å². The summed E-state index contributed by atoms with van der Waals surface area (Å²) in [5.41, 5.74) is -0.610. The van der Waals surface area contributed by atoms with Crippen molar-refractivity contribution in [1.82, 2.24) is 0 Å². The highest BCUT2D eigenvalue weighted by molar-refractivity contribution is 7.89. The van der Waals surface area contributed by atoms with Gasteiger partial charge in [0.15, 0.2) is 0 Å². The molecule has 0 saturated carbocycles. The maximum absolute atomic E-state index is 13.1. The summed E-state index contributed by atoms with van der Waals surface area (Å²) in [4.78, 5) is 9.93. The number of sulfonamides is 1. The van der Waals surface area contributed by atoms with Crippen molar-refractivity contribution >= 4 is 33.0 Å². The number of nitro benzene ring substituents is 1. The van der Waals surface area contributed by atoms with Crippen LogP contribution in [-0.4, -0.2) is 25.6 Å². The van der Waals surface area contributed by atoms with Gasteiger partial charge in [-0.3, -0.25) is 10.1 Å². The summed E-state index contributed by atoms with van der Waals surface area (Å²) in [5.74, 6) is -1.28. The van der Waals surface area contributed by atoms with Gasteiger partial charge in [-0.25, -0.2) is 17.9 Å². The molecule has 0 saturated heterocycles. The predicted molar refractivity (Wildman–Crippen MR) is 64.5 cm³/mol. The fourth-order valence-electron chi connectivity index (χ4n) is 1.16. The van der Waals surface area contributed by atoms with Crippen molar-refractivity contribution in [3.05, 3.63) is 33.1 Å². The molecule has 0 aromatic heterocycles. The lowest BCUT2D eigenvalue weighted by molar-refractivity contribution is -0.384. The Balaban J connectivity index is 2.94. The minimum Gasteiger partial charge on any atom is -0.378 e. The fourth-order valence-corrected chi connectivity index (χ4v) is 1.70. The Morgan fingerprint density at radius 2 is 2.11 bits per heavy atom. The summed E-state index contributed by atoms with van der Waals surface area (Å²) in [6.45, 7) is -0.180. The van der Waals surface area contributed by atoms with Gasteiger partial charge in [0.05, 0.1) is 15.7 Å². The molecule has 1 aromatic rings.